The van der Waals surface area contributed by atoms with Crippen molar-refractivity contribution < 1.29 is 14.9 Å². The summed E-state index contributed by atoms with van der Waals surface area (Å²) in [5, 5.41) is 18.2. The third-order valence-electron chi connectivity index (χ3n) is 1.63. The molecule has 0 radical (unpaired) electrons. The van der Waals surface area contributed by atoms with Gasteiger partial charge >= 0.3 is 0 Å². The lowest BCUT2D eigenvalue weighted by Gasteiger charge is -2.20. The van der Waals surface area contributed by atoms with Gasteiger partial charge in [-0.15, -0.1) is 0 Å². The molecule has 0 bridgehead atoms. The molecular formula is C10H14O3. The average molecular weight is 182 g/mol. The number of para-hydroxylation sites is 1. The van der Waals surface area contributed by atoms with Crippen molar-refractivity contribution in [1.29, 1.82) is 0 Å². The average Bonchev–Trinajstić information content (AvgIpc) is 2.17. The van der Waals surface area contributed by atoms with Crippen LogP contribution in [0, 0.1) is 0 Å². The molecule has 0 spiro atoms. The van der Waals surface area contributed by atoms with Gasteiger partial charge in [-0.25, -0.2) is 0 Å². The fourth-order valence-corrected chi connectivity index (χ4v) is 0.801. The summed E-state index contributed by atoms with van der Waals surface area (Å²) in [7, 11) is 0. The number of rotatable bonds is 4. The molecule has 0 aromatic heterocycles. The van der Waals surface area contributed by atoms with E-state index in [0.29, 0.717) is 5.75 Å². The highest BCUT2D eigenvalue weighted by Crippen LogP contribution is 2.11. The summed E-state index contributed by atoms with van der Waals surface area (Å²) in [6, 6.07) is 9.18. The molecule has 0 saturated heterocycles. The van der Waals surface area contributed by atoms with Crippen LogP contribution in [0.5, 0.6) is 5.75 Å². The maximum atomic E-state index is 9.41. The van der Waals surface area contributed by atoms with Crippen molar-refractivity contribution >= 4 is 0 Å². The lowest BCUT2D eigenvalue weighted by Crippen LogP contribution is -2.36. The van der Waals surface area contributed by atoms with Crippen LogP contribution >= 0.6 is 0 Å². The van der Waals surface area contributed by atoms with E-state index in [2.05, 4.69) is 0 Å². The highest BCUT2D eigenvalue weighted by atomic mass is 16.5. The van der Waals surface area contributed by atoms with Crippen molar-refractivity contribution in [2.75, 3.05) is 13.2 Å². The number of aliphatic hydroxyl groups is 2. The van der Waals surface area contributed by atoms with E-state index in [1.807, 2.05) is 18.2 Å². The largest absolute Gasteiger partial charge is 0.491 e. The van der Waals surface area contributed by atoms with Gasteiger partial charge < -0.3 is 14.9 Å². The Bertz CT molecular complexity index is 244. The van der Waals surface area contributed by atoms with Gasteiger partial charge in [0.15, 0.2) is 0 Å². The van der Waals surface area contributed by atoms with Crippen LogP contribution < -0.4 is 4.74 Å². The van der Waals surface area contributed by atoms with Gasteiger partial charge in [0.25, 0.3) is 0 Å². The van der Waals surface area contributed by atoms with E-state index >= 15 is 0 Å². The second-order valence-corrected chi connectivity index (χ2v) is 3.26. The first-order valence-corrected chi connectivity index (χ1v) is 4.15. The van der Waals surface area contributed by atoms with E-state index in [1.165, 1.54) is 6.92 Å². The van der Waals surface area contributed by atoms with Crippen LogP contribution in [0.4, 0.5) is 0 Å². The first-order chi connectivity index (χ1) is 6.14. The van der Waals surface area contributed by atoms with Crippen molar-refractivity contribution in [3.05, 3.63) is 30.3 Å². The Balaban J connectivity index is 2.44. The molecule has 3 heteroatoms. The molecule has 0 heterocycles. The number of hydrogen-bond acceptors (Lipinski definition) is 3. The quantitative estimate of drug-likeness (QED) is 0.724. The van der Waals surface area contributed by atoms with Crippen molar-refractivity contribution in [3.8, 4) is 5.75 Å². The van der Waals surface area contributed by atoms with E-state index in [-0.39, 0.29) is 13.2 Å². The Hall–Kier alpha value is -1.06. The molecule has 0 fully saturated rings. The molecule has 3 nitrogen and oxygen atoms in total. The maximum absolute atomic E-state index is 9.41. The molecule has 0 aliphatic heterocycles. The number of aliphatic hydroxyl groups excluding tert-OH is 1. The number of benzene rings is 1. The molecular weight excluding hydrogens is 168 g/mol. The monoisotopic (exact) mass is 182 g/mol. The Morgan fingerprint density at radius 2 is 1.92 bits per heavy atom. The predicted molar refractivity (Wildman–Crippen MR) is 49.6 cm³/mol. The van der Waals surface area contributed by atoms with E-state index in [1.54, 1.807) is 12.1 Å². The molecule has 1 aromatic carbocycles. The summed E-state index contributed by atoms with van der Waals surface area (Å²) in [4.78, 5) is 0. The molecule has 0 unspecified atom stereocenters. The molecule has 1 aromatic rings. The second-order valence-electron chi connectivity index (χ2n) is 3.26. The highest BCUT2D eigenvalue weighted by molar-refractivity contribution is 5.21. The third kappa shape index (κ3) is 3.44. The molecule has 0 aliphatic carbocycles. The Morgan fingerprint density at radius 3 is 2.46 bits per heavy atom. The summed E-state index contributed by atoms with van der Waals surface area (Å²) in [5.74, 6) is 0.691. The lowest BCUT2D eigenvalue weighted by atomic mass is 10.1. The fraction of sp³-hybridized carbons (Fsp3) is 0.400. The molecule has 1 rings (SSSR count). The SMILES string of the molecule is C[C@](O)(CO)COc1ccccc1. The normalized spacial score (nSPS) is 15.0. The van der Waals surface area contributed by atoms with Crippen molar-refractivity contribution in [1.82, 2.24) is 0 Å². The first-order valence-electron chi connectivity index (χ1n) is 4.15. The molecule has 2 N–H and O–H groups in total. The zero-order valence-corrected chi connectivity index (χ0v) is 7.60. The molecule has 0 saturated carbocycles. The van der Waals surface area contributed by atoms with Crippen LogP contribution in [-0.4, -0.2) is 29.0 Å². The zero-order chi connectivity index (χ0) is 9.73. The van der Waals surface area contributed by atoms with Gasteiger partial charge in [-0.1, -0.05) is 18.2 Å². The van der Waals surface area contributed by atoms with Crippen LogP contribution in [0.1, 0.15) is 6.92 Å². The van der Waals surface area contributed by atoms with E-state index < -0.39 is 5.60 Å². The van der Waals surface area contributed by atoms with E-state index in [9.17, 15) is 5.11 Å². The molecule has 1 atom stereocenters. The number of hydrogen-bond donors (Lipinski definition) is 2. The first kappa shape index (κ1) is 10.0. The zero-order valence-electron chi connectivity index (χ0n) is 7.60. The summed E-state index contributed by atoms with van der Waals surface area (Å²) in [6.07, 6.45) is 0. The van der Waals surface area contributed by atoms with Crippen LogP contribution in [0.15, 0.2) is 30.3 Å². The van der Waals surface area contributed by atoms with Gasteiger partial charge in [0.05, 0.1) is 6.61 Å². The second kappa shape index (κ2) is 4.25. The minimum absolute atomic E-state index is 0.0908. The fourth-order valence-electron chi connectivity index (χ4n) is 0.801. The molecule has 0 amide bonds. The standard InChI is InChI=1S/C10H14O3/c1-10(12,7-11)8-13-9-5-3-2-4-6-9/h2-6,11-12H,7-8H2,1H3/t10-/m0/s1. The topological polar surface area (TPSA) is 49.7 Å². The molecule has 0 aliphatic rings. The van der Waals surface area contributed by atoms with Gasteiger partial charge in [-0.05, 0) is 19.1 Å². The van der Waals surface area contributed by atoms with Gasteiger partial charge in [0, 0.05) is 0 Å². The minimum Gasteiger partial charge on any atom is -0.491 e. The Kier molecular flexibility index (Phi) is 3.28. The summed E-state index contributed by atoms with van der Waals surface area (Å²) < 4.78 is 5.25. The van der Waals surface area contributed by atoms with Gasteiger partial charge in [0.1, 0.15) is 18.0 Å². The van der Waals surface area contributed by atoms with Crippen molar-refractivity contribution in [2.24, 2.45) is 0 Å². The minimum atomic E-state index is -1.17. The Labute approximate surface area is 77.6 Å². The maximum Gasteiger partial charge on any atom is 0.119 e. The van der Waals surface area contributed by atoms with Gasteiger partial charge in [-0.3, -0.25) is 0 Å². The van der Waals surface area contributed by atoms with Crippen LogP contribution in [-0.2, 0) is 0 Å². The van der Waals surface area contributed by atoms with Crippen molar-refractivity contribution in [3.63, 3.8) is 0 Å². The molecule has 72 valence electrons. The molecule has 13 heavy (non-hydrogen) atoms. The van der Waals surface area contributed by atoms with Gasteiger partial charge in [-0.2, -0.15) is 0 Å². The number of ether oxygens (including phenoxy) is 1. The van der Waals surface area contributed by atoms with E-state index in [0.717, 1.165) is 0 Å². The lowest BCUT2D eigenvalue weighted by molar-refractivity contribution is -0.0324. The highest BCUT2D eigenvalue weighted by Gasteiger charge is 2.19. The van der Waals surface area contributed by atoms with Crippen LogP contribution in [0.3, 0.4) is 0 Å². The smallest absolute Gasteiger partial charge is 0.119 e. The van der Waals surface area contributed by atoms with Crippen LogP contribution in [0.25, 0.3) is 0 Å². The Morgan fingerprint density at radius 1 is 1.31 bits per heavy atom. The third-order valence-corrected chi connectivity index (χ3v) is 1.63. The van der Waals surface area contributed by atoms with Crippen LogP contribution in [0.2, 0.25) is 0 Å². The van der Waals surface area contributed by atoms with Crippen molar-refractivity contribution in [2.45, 2.75) is 12.5 Å². The van der Waals surface area contributed by atoms with E-state index in [4.69, 9.17) is 9.84 Å². The summed E-state index contributed by atoms with van der Waals surface area (Å²) >= 11 is 0. The summed E-state index contributed by atoms with van der Waals surface area (Å²) in [5.41, 5.74) is -1.17. The predicted octanol–water partition coefficient (Wildman–Crippen LogP) is 0.809. The summed E-state index contributed by atoms with van der Waals surface area (Å²) in [6.45, 7) is 1.31. The van der Waals surface area contributed by atoms with Gasteiger partial charge in [0.2, 0.25) is 0 Å².